The van der Waals surface area contributed by atoms with Crippen LogP contribution in [-0.4, -0.2) is 23.1 Å². The molecule has 0 bridgehead atoms. The SMILES string of the molecule is Cc1ccc(C#N)c(N2CCC(=CC#Cc3ncccc3-c3cc(F)ccc3F)CC2)n1. The Hall–Kier alpha value is -4.03. The van der Waals surface area contributed by atoms with Crippen LogP contribution in [0.3, 0.4) is 0 Å². The summed E-state index contributed by atoms with van der Waals surface area (Å²) in [6, 6.07) is 12.6. The number of hydrogen-bond acceptors (Lipinski definition) is 4. The van der Waals surface area contributed by atoms with Crippen LogP contribution in [0.5, 0.6) is 0 Å². The van der Waals surface area contributed by atoms with Crippen LogP contribution in [0, 0.1) is 41.7 Å². The number of aromatic nitrogens is 2. The van der Waals surface area contributed by atoms with Crippen LogP contribution in [0.1, 0.15) is 29.8 Å². The number of benzene rings is 1. The van der Waals surface area contributed by atoms with E-state index in [9.17, 15) is 14.0 Å². The molecule has 0 N–H and O–H groups in total. The van der Waals surface area contributed by atoms with Crippen LogP contribution in [0.15, 0.2) is 60.3 Å². The van der Waals surface area contributed by atoms with E-state index in [0.717, 1.165) is 55.6 Å². The summed E-state index contributed by atoms with van der Waals surface area (Å²) in [6.45, 7) is 3.42. The van der Waals surface area contributed by atoms with Gasteiger partial charge in [-0.25, -0.2) is 18.7 Å². The minimum absolute atomic E-state index is 0.141. The van der Waals surface area contributed by atoms with E-state index >= 15 is 0 Å². The maximum Gasteiger partial charge on any atom is 0.146 e. The number of nitrogens with zero attached hydrogens (tertiary/aromatic N) is 4. The lowest BCUT2D eigenvalue weighted by molar-refractivity contribution is 0.603. The van der Waals surface area contributed by atoms with Gasteiger partial charge >= 0.3 is 0 Å². The summed E-state index contributed by atoms with van der Waals surface area (Å²) in [5.74, 6) is 5.70. The first-order valence-electron chi connectivity index (χ1n) is 10.3. The third-order valence-corrected chi connectivity index (χ3v) is 5.33. The van der Waals surface area contributed by atoms with Gasteiger partial charge in [0.15, 0.2) is 0 Å². The van der Waals surface area contributed by atoms with E-state index in [1.807, 2.05) is 19.1 Å². The zero-order valence-corrected chi connectivity index (χ0v) is 17.6. The Morgan fingerprint density at radius 2 is 1.88 bits per heavy atom. The molecule has 32 heavy (non-hydrogen) atoms. The van der Waals surface area contributed by atoms with Gasteiger partial charge in [0.2, 0.25) is 0 Å². The number of allylic oxidation sites excluding steroid dienone is 1. The van der Waals surface area contributed by atoms with Crippen LogP contribution in [0.25, 0.3) is 11.1 Å². The Morgan fingerprint density at radius 1 is 1.06 bits per heavy atom. The Balaban J connectivity index is 1.51. The molecular weight excluding hydrogens is 406 g/mol. The first-order chi connectivity index (χ1) is 15.5. The van der Waals surface area contributed by atoms with Crippen LogP contribution < -0.4 is 4.90 Å². The third-order valence-electron chi connectivity index (χ3n) is 5.33. The summed E-state index contributed by atoms with van der Waals surface area (Å²) in [5, 5.41) is 9.36. The zero-order valence-electron chi connectivity index (χ0n) is 17.6. The van der Waals surface area contributed by atoms with Crippen LogP contribution in [0.2, 0.25) is 0 Å². The normalized spacial score (nSPS) is 13.2. The molecule has 3 heterocycles. The van der Waals surface area contributed by atoms with Crippen molar-refractivity contribution in [2.75, 3.05) is 18.0 Å². The second-order valence-corrected chi connectivity index (χ2v) is 7.52. The molecule has 6 heteroatoms. The average Bonchev–Trinajstić information content (AvgIpc) is 2.81. The second-order valence-electron chi connectivity index (χ2n) is 7.52. The van der Waals surface area contributed by atoms with E-state index in [1.54, 1.807) is 24.4 Å². The number of rotatable bonds is 2. The molecule has 1 fully saturated rings. The molecule has 0 radical (unpaired) electrons. The highest BCUT2D eigenvalue weighted by molar-refractivity contribution is 5.70. The Labute approximate surface area is 185 Å². The number of piperidine rings is 1. The Bertz CT molecular complexity index is 1290. The van der Waals surface area contributed by atoms with Gasteiger partial charge in [-0.05, 0) is 74.2 Å². The highest BCUT2D eigenvalue weighted by Crippen LogP contribution is 2.26. The monoisotopic (exact) mass is 426 g/mol. The van der Waals surface area contributed by atoms with Crippen molar-refractivity contribution < 1.29 is 8.78 Å². The fourth-order valence-corrected chi connectivity index (χ4v) is 3.65. The Kier molecular flexibility index (Phi) is 6.24. The van der Waals surface area contributed by atoms with Gasteiger partial charge in [0.1, 0.15) is 29.2 Å². The van der Waals surface area contributed by atoms with Crippen molar-refractivity contribution in [3.63, 3.8) is 0 Å². The van der Waals surface area contributed by atoms with E-state index in [-0.39, 0.29) is 5.56 Å². The summed E-state index contributed by atoms with van der Waals surface area (Å²) in [5.41, 5.74) is 3.65. The van der Waals surface area contributed by atoms with Crippen molar-refractivity contribution >= 4 is 5.82 Å². The van der Waals surface area contributed by atoms with Gasteiger partial charge in [-0.15, -0.1) is 0 Å². The standard InChI is InChI=1S/C26H20F2N4/c1-18-7-8-20(17-29)26(31-18)32-14-11-19(12-15-32)4-2-6-25-22(5-3-13-30-25)23-16-21(27)9-10-24(23)28/h3-5,7-10,13,16H,11-12,14-15H2,1H3. The highest BCUT2D eigenvalue weighted by atomic mass is 19.1. The van der Waals surface area contributed by atoms with E-state index < -0.39 is 11.6 Å². The smallest absolute Gasteiger partial charge is 0.146 e. The van der Waals surface area contributed by atoms with E-state index in [1.165, 1.54) is 5.57 Å². The summed E-state index contributed by atoms with van der Waals surface area (Å²) in [4.78, 5) is 10.9. The number of pyridine rings is 2. The summed E-state index contributed by atoms with van der Waals surface area (Å²) in [6.07, 6.45) is 5.07. The molecule has 1 aliphatic rings. The van der Waals surface area contributed by atoms with E-state index in [0.29, 0.717) is 16.8 Å². The first kappa shape index (κ1) is 21.2. The van der Waals surface area contributed by atoms with Crippen LogP contribution >= 0.6 is 0 Å². The molecule has 1 aromatic carbocycles. The van der Waals surface area contributed by atoms with Gasteiger partial charge in [0.05, 0.1) is 5.56 Å². The van der Waals surface area contributed by atoms with Gasteiger partial charge in [-0.3, -0.25) is 0 Å². The summed E-state index contributed by atoms with van der Waals surface area (Å²) in [7, 11) is 0. The van der Waals surface area contributed by atoms with Gasteiger partial charge in [-0.2, -0.15) is 5.26 Å². The quantitative estimate of drug-likeness (QED) is 0.530. The number of hydrogen-bond donors (Lipinski definition) is 0. The van der Waals surface area contributed by atoms with Crippen molar-refractivity contribution in [2.24, 2.45) is 0 Å². The summed E-state index contributed by atoms with van der Waals surface area (Å²) < 4.78 is 27.8. The van der Waals surface area contributed by atoms with Gasteiger partial charge in [-0.1, -0.05) is 11.5 Å². The molecule has 0 unspecified atom stereocenters. The van der Waals surface area contributed by atoms with Crippen molar-refractivity contribution in [3.8, 4) is 29.0 Å². The number of aryl methyl sites for hydroxylation is 1. The van der Waals surface area contributed by atoms with Gasteiger partial charge < -0.3 is 4.90 Å². The minimum Gasteiger partial charge on any atom is -0.355 e. The predicted molar refractivity (Wildman–Crippen MR) is 120 cm³/mol. The maximum absolute atomic E-state index is 14.2. The maximum atomic E-state index is 14.2. The molecule has 158 valence electrons. The lowest BCUT2D eigenvalue weighted by Gasteiger charge is -2.30. The molecule has 0 saturated carbocycles. The topological polar surface area (TPSA) is 52.8 Å². The lowest BCUT2D eigenvalue weighted by Crippen LogP contribution is -2.32. The number of anilines is 1. The summed E-state index contributed by atoms with van der Waals surface area (Å²) >= 11 is 0. The second kappa shape index (κ2) is 9.41. The fraction of sp³-hybridized carbons (Fsp3) is 0.192. The van der Waals surface area contributed by atoms with Crippen LogP contribution in [0.4, 0.5) is 14.6 Å². The molecule has 1 aliphatic heterocycles. The minimum atomic E-state index is -0.519. The van der Waals surface area contributed by atoms with Crippen LogP contribution in [-0.2, 0) is 0 Å². The highest BCUT2D eigenvalue weighted by Gasteiger charge is 2.18. The largest absolute Gasteiger partial charge is 0.355 e. The fourth-order valence-electron chi connectivity index (χ4n) is 3.65. The molecule has 4 nitrogen and oxygen atoms in total. The molecule has 2 aromatic heterocycles. The van der Waals surface area contributed by atoms with Crippen molar-refractivity contribution in [2.45, 2.75) is 19.8 Å². The lowest BCUT2D eigenvalue weighted by atomic mass is 10.0. The Morgan fingerprint density at radius 3 is 2.66 bits per heavy atom. The number of halogens is 2. The molecule has 0 aliphatic carbocycles. The zero-order chi connectivity index (χ0) is 22.5. The molecule has 4 rings (SSSR count). The first-order valence-corrected chi connectivity index (χ1v) is 10.3. The van der Waals surface area contributed by atoms with E-state index in [4.69, 9.17) is 0 Å². The van der Waals surface area contributed by atoms with Gasteiger partial charge in [0, 0.05) is 36.1 Å². The van der Waals surface area contributed by atoms with Crippen molar-refractivity contribution in [1.82, 2.24) is 9.97 Å². The average molecular weight is 426 g/mol. The number of nitriles is 1. The molecule has 3 aromatic rings. The molecular formula is C26H20F2N4. The molecule has 0 amide bonds. The molecule has 0 atom stereocenters. The van der Waals surface area contributed by atoms with Crippen molar-refractivity contribution in [3.05, 3.63) is 88.9 Å². The molecule has 0 spiro atoms. The predicted octanol–water partition coefficient (Wildman–Crippen LogP) is 5.18. The third kappa shape index (κ3) is 4.66. The van der Waals surface area contributed by atoms with E-state index in [2.05, 4.69) is 32.8 Å². The van der Waals surface area contributed by atoms with Crippen molar-refractivity contribution in [1.29, 1.82) is 5.26 Å². The molecule has 1 saturated heterocycles. The van der Waals surface area contributed by atoms with Gasteiger partial charge in [0.25, 0.3) is 0 Å².